The number of nitrogens with zero attached hydrogens (tertiary/aromatic N) is 1. The van der Waals surface area contributed by atoms with Gasteiger partial charge in [-0.25, -0.2) is 4.79 Å². The second kappa shape index (κ2) is 6.88. The fourth-order valence-electron chi connectivity index (χ4n) is 3.52. The molecule has 0 aliphatic heterocycles. The fraction of sp³-hybridized carbons (Fsp3) is 0.182. The van der Waals surface area contributed by atoms with Crippen LogP contribution in [0.25, 0.3) is 21.9 Å². The molecular weight excluding hydrogens is 356 g/mol. The third-order valence-electron chi connectivity index (χ3n) is 4.81. The number of anilines is 1. The number of methoxy groups -OCH3 is 1. The predicted molar refractivity (Wildman–Crippen MR) is 109 cm³/mol. The van der Waals surface area contributed by atoms with Crippen molar-refractivity contribution in [2.45, 2.75) is 20.4 Å². The summed E-state index contributed by atoms with van der Waals surface area (Å²) in [5.41, 5.74) is 2.72. The van der Waals surface area contributed by atoms with Crippen molar-refractivity contribution < 1.29 is 13.9 Å². The molecule has 6 nitrogen and oxygen atoms in total. The Labute approximate surface area is 161 Å². The Morgan fingerprint density at radius 1 is 1.14 bits per heavy atom. The summed E-state index contributed by atoms with van der Waals surface area (Å²) in [5, 5.41) is 4.09. The molecule has 0 atom stereocenters. The van der Waals surface area contributed by atoms with Crippen LogP contribution in [0.15, 0.2) is 57.7 Å². The molecular formula is C22H20N2O4. The van der Waals surface area contributed by atoms with Crippen LogP contribution in [0.4, 0.5) is 5.69 Å². The van der Waals surface area contributed by atoms with Crippen LogP contribution in [0.1, 0.15) is 23.0 Å². The predicted octanol–water partition coefficient (Wildman–Crippen LogP) is 4.34. The van der Waals surface area contributed by atoms with E-state index in [-0.39, 0.29) is 5.91 Å². The van der Waals surface area contributed by atoms with Crippen molar-refractivity contribution in [3.05, 3.63) is 70.2 Å². The van der Waals surface area contributed by atoms with Crippen LogP contribution in [-0.4, -0.2) is 17.6 Å². The lowest BCUT2D eigenvalue weighted by atomic mass is 10.2. The van der Waals surface area contributed by atoms with E-state index in [1.54, 1.807) is 19.2 Å². The van der Waals surface area contributed by atoms with Gasteiger partial charge in [-0.05, 0) is 49.7 Å². The molecule has 0 aliphatic rings. The number of amides is 1. The summed E-state index contributed by atoms with van der Waals surface area (Å²) in [6, 6.07) is 14.5. The first kappa shape index (κ1) is 17.9. The highest BCUT2D eigenvalue weighted by Gasteiger charge is 2.20. The van der Waals surface area contributed by atoms with E-state index >= 15 is 0 Å². The molecule has 28 heavy (non-hydrogen) atoms. The zero-order valence-corrected chi connectivity index (χ0v) is 15.9. The van der Waals surface area contributed by atoms with Crippen LogP contribution >= 0.6 is 0 Å². The molecule has 0 spiro atoms. The Balaban J connectivity index is 1.88. The van der Waals surface area contributed by atoms with Crippen molar-refractivity contribution >= 4 is 33.5 Å². The molecule has 0 unspecified atom stereocenters. The van der Waals surface area contributed by atoms with Gasteiger partial charge in [0.05, 0.1) is 23.7 Å². The van der Waals surface area contributed by atoms with Gasteiger partial charge >= 0.3 is 5.63 Å². The van der Waals surface area contributed by atoms with Gasteiger partial charge in [0.1, 0.15) is 17.0 Å². The molecule has 4 rings (SSSR count). The number of aryl methyl sites for hydroxylation is 2. The number of carbonyl (C=O) groups excluding carboxylic acids is 1. The average Bonchev–Trinajstić information content (AvgIpc) is 3.09. The highest BCUT2D eigenvalue weighted by Crippen LogP contribution is 2.29. The number of nitrogens with one attached hydrogen (secondary N) is 1. The Morgan fingerprint density at radius 2 is 1.93 bits per heavy atom. The summed E-state index contributed by atoms with van der Waals surface area (Å²) in [6.45, 7) is 4.41. The Bertz CT molecular complexity index is 1270. The van der Waals surface area contributed by atoms with Gasteiger partial charge in [-0.2, -0.15) is 0 Å². The highest BCUT2D eigenvalue weighted by atomic mass is 16.5. The van der Waals surface area contributed by atoms with E-state index in [0.29, 0.717) is 40.2 Å². The van der Waals surface area contributed by atoms with E-state index in [4.69, 9.17) is 9.15 Å². The molecule has 4 aromatic rings. The second-order valence-corrected chi connectivity index (χ2v) is 6.58. The van der Waals surface area contributed by atoms with Crippen molar-refractivity contribution in [3.8, 4) is 5.75 Å². The van der Waals surface area contributed by atoms with Crippen LogP contribution in [-0.2, 0) is 6.54 Å². The van der Waals surface area contributed by atoms with E-state index in [9.17, 15) is 9.59 Å². The molecule has 2 aromatic carbocycles. The van der Waals surface area contributed by atoms with Crippen molar-refractivity contribution in [1.29, 1.82) is 0 Å². The van der Waals surface area contributed by atoms with E-state index in [1.807, 2.05) is 54.8 Å². The molecule has 142 valence electrons. The number of benzene rings is 2. The number of hydrogen-bond donors (Lipinski definition) is 1. The van der Waals surface area contributed by atoms with E-state index in [0.717, 1.165) is 10.9 Å². The van der Waals surface area contributed by atoms with Crippen molar-refractivity contribution in [1.82, 2.24) is 4.57 Å². The number of fused-ring (bicyclic) bond motifs is 3. The van der Waals surface area contributed by atoms with Crippen LogP contribution in [0.3, 0.4) is 0 Å². The first-order chi connectivity index (χ1) is 13.5. The lowest BCUT2D eigenvalue weighted by molar-refractivity contribution is 0.101. The van der Waals surface area contributed by atoms with Crippen LogP contribution in [0, 0.1) is 6.92 Å². The number of para-hydroxylation sites is 1. The average molecular weight is 376 g/mol. The zero-order valence-electron chi connectivity index (χ0n) is 15.9. The number of hydrogen-bond acceptors (Lipinski definition) is 4. The number of aromatic nitrogens is 1. The van der Waals surface area contributed by atoms with Gasteiger partial charge in [0.25, 0.3) is 5.91 Å². The van der Waals surface area contributed by atoms with Crippen molar-refractivity contribution in [2.24, 2.45) is 0 Å². The standard InChI is InChI=1S/C22H20N2O4/c1-4-24-17(21(25)23-16-11-13(2)9-10-19(16)27-3)12-15-20(24)14-7-5-6-8-18(14)28-22(15)26/h5-12H,4H2,1-3H3,(H,23,25). The fourth-order valence-corrected chi connectivity index (χ4v) is 3.52. The molecule has 2 aromatic heterocycles. The maximum Gasteiger partial charge on any atom is 0.345 e. The maximum atomic E-state index is 13.1. The molecule has 0 bridgehead atoms. The van der Waals surface area contributed by atoms with Crippen LogP contribution < -0.4 is 15.7 Å². The van der Waals surface area contributed by atoms with Crippen LogP contribution in [0.5, 0.6) is 5.75 Å². The van der Waals surface area contributed by atoms with E-state index < -0.39 is 5.63 Å². The number of rotatable bonds is 4. The van der Waals surface area contributed by atoms with Gasteiger partial charge in [0.2, 0.25) is 0 Å². The zero-order chi connectivity index (χ0) is 19.8. The lowest BCUT2D eigenvalue weighted by Crippen LogP contribution is -2.17. The monoisotopic (exact) mass is 376 g/mol. The first-order valence-corrected chi connectivity index (χ1v) is 9.04. The molecule has 6 heteroatoms. The Morgan fingerprint density at radius 3 is 2.68 bits per heavy atom. The van der Waals surface area contributed by atoms with Gasteiger partial charge in [0, 0.05) is 11.9 Å². The summed E-state index contributed by atoms with van der Waals surface area (Å²) in [6.07, 6.45) is 0. The second-order valence-electron chi connectivity index (χ2n) is 6.58. The van der Waals surface area contributed by atoms with Crippen molar-refractivity contribution in [2.75, 3.05) is 12.4 Å². The summed E-state index contributed by atoms with van der Waals surface area (Å²) in [4.78, 5) is 25.5. The third-order valence-corrected chi connectivity index (χ3v) is 4.81. The molecule has 0 fully saturated rings. The van der Waals surface area contributed by atoms with E-state index in [1.165, 1.54) is 0 Å². The number of carbonyl (C=O) groups is 1. The van der Waals surface area contributed by atoms with Gasteiger partial charge < -0.3 is 19.0 Å². The lowest BCUT2D eigenvalue weighted by Gasteiger charge is -2.13. The quantitative estimate of drug-likeness (QED) is 0.538. The minimum absolute atomic E-state index is 0.314. The van der Waals surface area contributed by atoms with Crippen LogP contribution in [0.2, 0.25) is 0 Å². The summed E-state index contributed by atoms with van der Waals surface area (Å²) >= 11 is 0. The van der Waals surface area contributed by atoms with Gasteiger partial charge in [-0.3, -0.25) is 4.79 Å². The van der Waals surface area contributed by atoms with Gasteiger partial charge in [-0.1, -0.05) is 18.2 Å². The minimum atomic E-state index is -0.455. The first-order valence-electron chi connectivity index (χ1n) is 9.04. The van der Waals surface area contributed by atoms with Gasteiger partial charge in [0.15, 0.2) is 0 Å². The summed E-state index contributed by atoms with van der Waals surface area (Å²) < 4.78 is 12.6. The molecule has 2 heterocycles. The normalized spacial score (nSPS) is 11.1. The topological polar surface area (TPSA) is 73.5 Å². The molecule has 0 aliphatic carbocycles. The molecule has 1 amide bonds. The highest BCUT2D eigenvalue weighted by molar-refractivity contribution is 6.11. The number of ether oxygens (including phenoxy) is 1. The minimum Gasteiger partial charge on any atom is -0.495 e. The smallest absolute Gasteiger partial charge is 0.345 e. The summed E-state index contributed by atoms with van der Waals surface area (Å²) in [7, 11) is 1.56. The Hall–Kier alpha value is -3.54. The molecule has 1 N–H and O–H groups in total. The van der Waals surface area contributed by atoms with Crippen molar-refractivity contribution in [3.63, 3.8) is 0 Å². The molecule has 0 saturated heterocycles. The van der Waals surface area contributed by atoms with E-state index in [2.05, 4.69) is 5.32 Å². The van der Waals surface area contributed by atoms with Gasteiger partial charge in [-0.15, -0.1) is 0 Å². The molecule has 0 saturated carbocycles. The largest absolute Gasteiger partial charge is 0.495 e. The molecule has 0 radical (unpaired) electrons. The Kier molecular flexibility index (Phi) is 4.39. The third kappa shape index (κ3) is 2.83. The SMILES string of the molecule is CCn1c(C(=O)Nc2cc(C)ccc2OC)cc2c(=O)oc3ccccc3c21. The summed E-state index contributed by atoms with van der Waals surface area (Å²) in [5.74, 6) is 0.258. The maximum absolute atomic E-state index is 13.1.